The van der Waals surface area contributed by atoms with Gasteiger partial charge < -0.3 is 9.47 Å². The monoisotopic (exact) mass is 417 g/mol. The normalized spacial score (nSPS) is 10.2. The second-order valence-corrected chi connectivity index (χ2v) is 6.82. The molecule has 0 bridgehead atoms. The number of hydrogen-bond donors (Lipinski definition) is 2. The molecule has 3 rings (SSSR count). The van der Waals surface area contributed by atoms with Gasteiger partial charge in [0.25, 0.3) is 11.8 Å². The van der Waals surface area contributed by atoms with Gasteiger partial charge in [-0.3, -0.25) is 20.4 Å². The molecule has 0 aliphatic rings. The SMILES string of the molecule is COc1ccc(C(=O)NNC(=O)c2csc(-c3ccc(Cl)cc3)n2)cc1OC. The summed E-state index contributed by atoms with van der Waals surface area (Å²) in [5.74, 6) is -0.110. The molecule has 3 aromatic rings. The van der Waals surface area contributed by atoms with E-state index < -0.39 is 11.8 Å². The summed E-state index contributed by atoms with van der Waals surface area (Å²) in [5, 5.41) is 2.91. The molecule has 2 N–H and O–H groups in total. The lowest BCUT2D eigenvalue weighted by atomic mass is 10.2. The number of thiazole rings is 1. The summed E-state index contributed by atoms with van der Waals surface area (Å²) in [5.41, 5.74) is 6.05. The van der Waals surface area contributed by atoms with Crippen LogP contribution in [0.4, 0.5) is 0 Å². The Kier molecular flexibility index (Phi) is 6.13. The number of hydrazine groups is 1. The summed E-state index contributed by atoms with van der Waals surface area (Å²) >= 11 is 7.19. The van der Waals surface area contributed by atoms with Crippen LogP contribution in [0.5, 0.6) is 11.5 Å². The van der Waals surface area contributed by atoms with Crippen LogP contribution in [0.15, 0.2) is 47.8 Å². The van der Waals surface area contributed by atoms with E-state index in [0.29, 0.717) is 27.1 Å². The van der Waals surface area contributed by atoms with Crippen molar-refractivity contribution in [2.24, 2.45) is 0 Å². The second-order valence-electron chi connectivity index (χ2n) is 5.52. The Hall–Kier alpha value is -3.10. The van der Waals surface area contributed by atoms with Crippen molar-refractivity contribution in [2.45, 2.75) is 0 Å². The van der Waals surface area contributed by atoms with Gasteiger partial charge in [0.1, 0.15) is 10.7 Å². The molecule has 0 fully saturated rings. The van der Waals surface area contributed by atoms with Crippen molar-refractivity contribution < 1.29 is 19.1 Å². The number of rotatable bonds is 5. The second kappa shape index (κ2) is 8.73. The van der Waals surface area contributed by atoms with Crippen LogP contribution in [-0.4, -0.2) is 31.0 Å². The number of amides is 2. The molecule has 0 saturated heterocycles. The van der Waals surface area contributed by atoms with E-state index in [1.54, 1.807) is 29.6 Å². The van der Waals surface area contributed by atoms with E-state index in [1.165, 1.54) is 31.6 Å². The Morgan fingerprint density at radius 1 is 0.964 bits per heavy atom. The minimum atomic E-state index is -0.523. The molecule has 1 heterocycles. The maximum absolute atomic E-state index is 12.3. The highest BCUT2D eigenvalue weighted by molar-refractivity contribution is 7.13. The molecule has 0 atom stereocenters. The van der Waals surface area contributed by atoms with E-state index in [4.69, 9.17) is 21.1 Å². The summed E-state index contributed by atoms with van der Waals surface area (Å²) in [4.78, 5) is 28.8. The highest BCUT2D eigenvalue weighted by Gasteiger charge is 2.15. The van der Waals surface area contributed by atoms with Gasteiger partial charge in [-0.25, -0.2) is 4.98 Å². The Balaban J connectivity index is 1.64. The summed E-state index contributed by atoms with van der Waals surface area (Å²) in [6, 6.07) is 11.8. The van der Waals surface area contributed by atoms with Gasteiger partial charge in [-0.1, -0.05) is 23.7 Å². The van der Waals surface area contributed by atoms with Crippen LogP contribution < -0.4 is 20.3 Å². The summed E-state index contributed by atoms with van der Waals surface area (Å²) in [6.07, 6.45) is 0. The molecule has 0 saturated carbocycles. The van der Waals surface area contributed by atoms with Gasteiger partial charge in [0, 0.05) is 21.5 Å². The van der Waals surface area contributed by atoms with E-state index in [-0.39, 0.29) is 5.69 Å². The van der Waals surface area contributed by atoms with Crippen molar-refractivity contribution in [3.8, 4) is 22.1 Å². The van der Waals surface area contributed by atoms with E-state index in [9.17, 15) is 9.59 Å². The van der Waals surface area contributed by atoms with Crippen LogP contribution in [0.1, 0.15) is 20.8 Å². The van der Waals surface area contributed by atoms with Crippen LogP contribution in [0.25, 0.3) is 10.6 Å². The largest absolute Gasteiger partial charge is 0.493 e. The predicted molar refractivity (Wildman–Crippen MR) is 107 cm³/mol. The van der Waals surface area contributed by atoms with Crippen molar-refractivity contribution in [1.29, 1.82) is 0 Å². The van der Waals surface area contributed by atoms with Gasteiger partial charge in [0.05, 0.1) is 14.2 Å². The average Bonchev–Trinajstić information content (AvgIpc) is 3.22. The third-order valence-electron chi connectivity index (χ3n) is 3.76. The molecule has 1 aromatic heterocycles. The van der Waals surface area contributed by atoms with E-state index in [2.05, 4.69) is 15.8 Å². The minimum absolute atomic E-state index is 0.197. The number of halogens is 1. The maximum Gasteiger partial charge on any atom is 0.289 e. The first kappa shape index (κ1) is 19.7. The first-order valence-electron chi connectivity index (χ1n) is 8.06. The fraction of sp³-hybridized carbons (Fsp3) is 0.105. The molecule has 144 valence electrons. The van der Waals surface area contributed by atoms with Crippen molar-refractivity contribution in [3.63, 3.8) is 0 Å². The van der Waals surface area contributed by atoms with Crippen molar-refractivity contribution in [3.05, 3.63) is 64.1 Å². The van der Waals surface area contributed by atoms with Crippen molar-refractivity contribution in [2.75, 3.05) is 14.2 Å². The fourth-order valence-corrected chi connectivity index (χ4v) is 3.26. The average molecular weight is 418 g/mol. The summed E-state index contributed by atoms with van der Waals surface area (Å²) in [6.45, 7) is 0. The molecule has 28 heavy (non-hydrogen) atoms. The zero-order valence-electron chi connectivity index (χ0n) is 15.0. The maximum atomic E-state index is 12.3. The molecule has 0 aliphatic heterocycles. The third kappa shape index (κ3) is 4.41. The predicted octanol–water partition coefficient (Wildman–Crippen LogP) is 3.56. The number of carbonyl (C=O) groups is 2. The molecule has 0 aliphatic carbocycles. The number of benzene rings is 2. The number of nitrogens with zero attached hydrogens (tertiary/aromatic N) is 1. The summed E-state index contributed by atoms with van der Waals surface area (Å²) < 4.78 is 10.3. The molecule has 9 heteroatoms. The number of carbonyl (C=O) groups excluding carboxylic acids is 2. The molecule has 0 spiro atoms. The molecule has 2 aromatic carbocycles. The molecule has 0 radical (unpaired) electrons. The van der Waals surface area contributed by atoms with Crippen LogP contribution in [0, 0.1) is 0 Å². The first-order valence-corrected chi connectivity index (χ1v) is 9.31. The van der Waals surface area contributed by atoms with Crippen LogP contribution >= 0.6 is 22.9 Å². The molecule has 7 nitrogen and oxygen atoms in total. The highest BCUT2D eigenvalue weighted by Crippen LogP contribution is 2.27. The van der Waals surface area contributed by atoms with Gasteiger partial charge in [0.15, 0.2) is 11.5 Å². The Morgan fingerprint density at radius 3 is 2.32 bits per heavy atom. The number of hydrogen-bond acceptors (Lipinski definition) is 6. The fourth-order valence-electron chi connectivity index (χ4n) is 2.33. The number of nitrogens with one attached hydrogen (secondary N) is 2. The minimum Gasteiger partial charge on any atom is -0.493 e. The van der Waals surface area contributed by atoms with E-state index in [0.717, 1.165) is 5.56 Å². The van der Waals surface area contributed by atoms with Gasteiger partial charge in [-0.05, 0) is 30.3 Å². The molecular weight excluding hydrogens is 402 g/mol. The summed E-state index contributed by atoms with van der Waals surface area (Å²) in [7, 11) is 2.98. The zero-order chi connectivity index (χ0) is 20.1. The lowest BCUT2D eigenvalue weighted by Gasteiger charge is -2.10. The highest BCUT2D eigenvalue weighted by atomic mass is 35.5. The lowest BCUT2D eigenvalue weighted by Crippen LogP contribution is -2.41. The Bertz CT molecular complexity index is 1000. The zero-order valence-corrected chi connectivity index (χ0v) is 16.6. The smallest absolute Gasteiger partial charge is 0.289 e. The van der Waals surface area contributed by atoms with Gasteiger partial charge in [-0.2, -0.15) is 0 Å². The Labute approximate surface area is 170 Å². The van der Waals surface area contributed by atoms with Crippen molar-refractivity contribution >= 4 is 34.8 Å². The lowest BCUT2D eigenvalue weighted by molar-refractivity contribution is 0.0844. The Morgan fingerprint density at radius 2 is 1.64 bits per heavy atom. The van der Waals surface area contributed by atoms with Crippen LogP contribution in [0.3, 0.4) is 0 Å². The van der Waals surface area contributed by atoms with Gasteiger partial charge in [0.2, 0.25) is 0 Å². The van der Waals surface area contributed by atoms with Crippen molar-refractivity contribution in [1.82, 2.24) is 15.8 Å². The topological polar surface area (TPSA) is 89.6 Å². The number of aromatic nitrogens is 1. The first-order chi connectivity index (χ1) is 13.5. The molecule has 0 unspecified atom stereocenters. The van der Waals surface area contributed by atoms with Gasteiger partial charge >= 0.3 is 0 Å². The standard InChI is InChI=1S/C19H16ClN3O4S/c1-26-15-8-5-12(9-16(15)27-2)17(24)22-23-18(25)14-10-28-19(21-14)11-3-6-13(20)7-4-11/h3-10H,1-2H3,(H,22,24)(H,23,25). The van der Waals surface area contributed by atoms with Gasteiger partial charge in [-0.15, -0.1) is 11.3 Å². The van der Waals surface area contributed by atoms with E-state index in [1.807, 2.05) is 12.1 Å². The molecule has 2 amide bonds. The number of ether oxygens (including phenoxy) is 2. The number of methoxy groups -OCH3 is 2. The van der Waals surface area contributed by atoms with Crippen LogP contribution in [0.2, 0.25) is 5.02 Å². The van der Waals surface area contributed by atoms with Crippen LogP contribution in [-0.2, 0) is 0 Å². The molecular formula is C19H16ClN3O4S. The van der Waals surface area contributed by atoms with E-state index >= 15 is 0 Å². The third-order valence-corrected chi connectivity index (χ3v) is 4.91. The quantitative estimate of drug-likeness (QED) is 0.619.